The molecule has 0 saturated heterocycles. The van der Waals surface area contributed by atoms with Gasteiger partial charge < -0.3 is 0 Å². The summed E-state index contributed by atoms with van der Waals surface area (Å²) in [4.78, 5) is 16.4. The summed E-state index contributed by atoms with van der Waals surface area (Å²) >= 11 is 5.14. The normalized spacial score (nSPS) is 9.53. The molecule has 0 aromatic carbocycles. The summed E-state index contributed by atoms with van der Waals surface area (Å²) in [6.07, 6.45) is 5.44. The number of nitrogens with zero attached hydrogens (tertiary/aromatic N) is 3. The fourth-order valence-corrected chi connectivity index (χ4v) is 4.91. The van der Waals surface area contributed by atoms with Gasteiger partial charge in [0.05, 0.1) is 31.7 Å². The van der Waals surface area contributed by atoms with Gasteiger partial charge in [0, 0.05) is 38.7 Å². The molecule has 6 aromatic heterocycles. The van der Waals surface area contributed by atoms with Crippen LogP contribution in [0.5, 0.6) is 0 Å². The van der Waals surface area contributed by atoms with E-state index in [1.54, 1.807) is 34.0 Å². The van der Waals surface area contributed by atoms with Crippen LogP contribution in [0, 0.1) is 0 Å². The topological polar surface area (TPSA) is 38.7 Å². The maximum atomic E-state index is 4.23. The number of aromatic nitrogens is 3. The Balaban J connectivity index is 0.000000141. The molecule has 0 fully saturated rings. The molecular formula is C27H21IrN3S3. The van der Waals surface area contributed by atoms with Crippen molar-refractivity contribution in [3.05, 3.63) is 126 Å². The van der Waals surface area contributed by atoms with Gasteiger partial charge in [-0.1, -0.05) is 36.4 Å². The third-order valence-corrected chi connectivity index (χ3v) is 6.99. The molecule has 0 aliphatic carbocycles. The van der Waals surface area contributed by atoms with Crippen molar-refractivity contribution in [2.75, 3.05) is 0 Å². The van der Waals surface area contributed by atoms with Crippen LogP contribution in [0.1, 0.15) is 0 Å². The van der Waals surface area contributed by atoms with Gasteiger partial charge in [0.2, 0.25) is 0 Å². The largest absolute Gasteiger partial charge is 0.255 e. The number of pyridine rings is 3. The van der Waals surface area contributed by atoms with Crippen molar-refractivity contribution in [1.82, 2.24) is 15.0 Å². The van der Waals surface area contributed by atoms with Gasteiger partial charge in [-0.05, 0) is 70.7 Å². The van der Waals surface area contributed by atoms with Gasteiger partial charge in [0.1, 0.15) is 0 Å². The average Bonchev–Trinajstić information content (AvgIpc) is 3.70. The Labute approximate surface area is 225 Å². The van der Waals surface area contributed by atoms with Crippen LogP contribution >= 0.6 is 34.0 Å². The number of hydrogen-bond donors (Lipinski definition) is 0. The SMILES string of the molecule is [Ir].c1ccc(-c2cccs2)nc1.c1ccc(-c2cccs2)nc1.c1ccc(-c2cccs2)nc1. The molecule has 0 aliphatic rings. The average molecular weight is 676 g/mol. The molecule has 171 valence electrons. The minimum absolute atomic E-state index is 0. The van der Waals surface area contributed by atoms with Crippen molar-refractivity contribution in [2.24, 2.45) is 0 Å². The summed E-state index contributed by atoms with van der Waals surface area (Å²) < 4.78 is 0. The minimum Gasteiger partial charge on any atom is -0.255 e. The second-order valence-electron chi connectivity index (χ2n) is 6.58. The summed E-state index contributed by atoms with van der Waals surface area (Å²) in [6, 6.07) is 30.2. The molecule has 3 nitrogen and oxygen atoms in total. The molecule has 0 spiro atoms. The van der Waals surface area contributed by atoms with E-state index in [4.69, 9.17) is 0 Å². The first kappa shape index (κ1) is 25.8. The Morgan fingerprint density at radius 1 is 0.382 bits per heavy atom. The van der Waals surface area contributed by atoms with Crippen molar-refractivity contribution in [3.63, 3.8) is 0 Å². The molecule has 0 aliphatic heterocycles. The molecule has 0 N–H and O–H groups in total. The van der Waals surface area contributed by atoms with Crippen LogP contribution in [0.4, 0.5) is 0 Å². The molecule has 0 amide bonds. The molecule has 0 unspecified atom stereocenters. The maximum Gasteiger partial charge on any atom is 0.0801 e. The summed E-state index contributed by atoms with van der Waals surface area (Å²) in [5.74, 6) is 0. The molecule has 0 atom stereocenters. The van der Waals surface area contributed by atoms with E-state index in [1.165, 1.54) is 14.6 Å². The van der Waals surface area contributed by atoms with Gasteiger partial charge in [-0.25, -0.2) is 0 Å². The molecule has 1 radical (unpaired) electrons. The molecule has 7 heteroatoms. The number of hydrogen-bond acceptors (Lipinski definition) is 6. The maximum absolute atomic E-state index is 4.23. The fourth-order valence-electron chi connectivity index (χ4n) is 2.80. The van der Waals surface area contributed by atoms with E-state index < -0.39 is 0 Å². The van der Waals surface area contributed by atoms with Crippen molar-refractivity contribution in [2.45, 2.75) is 0 Å². The number of thiophene rings is 3. The first-order chi connectivity index (χ1) is 16.4. The summed E-state index contributed by atoms with van der Waals surface area (Å²) in [5, 5.41) is 6.18. The van der Waals surface area contributed by atoms with E-state index in [2.05, 4.69) is 49.3 Å². The minimum atomic E-state index is 0. The van der Waals surface area contributed by atoms with Crippen LogP contribution in [0.3, 0.4) is 0 Å². The molecule has 6 aromatic rings. The second-order valence-corrected chi connectivity index (χ2v) is 9.42. The predicted octanol–water partition coefficient (Wildman–Crippen LogP) is 8.43. The Morgan fingerprint density at radius 2 is 0.706 bits per heavy atom. The van der Waals surface area contributed by atoms with E-state index in [-0.39, 0.29) is 20.1 Å². The van der Waals surface area contributed by atoms with Crippen molar-refractivity contribution in [3.8, 4) is 31.7 Å². The van der Waals surface area contributed by atoms with E-state index in [9.17, 15) is 0 Å². The van der Waals surface area contributed by atoms with Gasteiger partial charge in [-0.2, -0.15) is 0 Å². The molecule has 6 heterocycles. The predicted molar refractivity (Wildman–Crippen MR) is 143 cm³/mol. The molecule has 34 heavy (non-hydrogen) atoms. The Bertz CT molecular complexity index is 1110. The monoisotopic (exact) mass is 676 g/mol. The van der Waals surface area contributed by atoms with Gasteiger partial charge in [-0.15, -0.1) is 34.0 Å². The first-order valence-corrected chi connectivity index (χ1v) is 12.9. The second kappa shape index (κ2) is 14.5. The van der Waals surface area contributed by atoms with Crippen LogP contribution in [-0.4, -0.2) is 15.0 Å². The van der Waals surface area contributed by atoms with Gasteiger partial charge in [0.15, 0.2) is 0 Å². The summed E-state index contributed by atoms with van der Waals surface area (Å²) in [5.41, 5.74) is 3.17. The van der Waals surface area contributed by atoms with Crippen molar-refractivity contribution < 1.29 is 20.1 Å². The van der Waals surface area contributed by atoms with Crippen LogP contribution in [0.25, 0.3) is 31.7 Å². The molecule has 0 bridgehead atoms. The van der Waals surface area contributed by atoms with Crippen molar-refractivity contribution >= 4 is 34.0 Å². The van der Waals surface area contributed by atoms with E-state index in [0.29, 0.717) is 0 Å². The standard InChI is InChI=1S/3C9H7NS.Ir/c3*1-2-6-10-8(4-1)9-5-3-7-11-9;/h3*1-7H;. The van der Waals surface area contributed by atoms with E-state index in [1.807, 2.05) is 91.4 Å². The summed E-state index contributed by atoms with van der Waals surface area (Å²) in [7, 11) is 0. The Kier molecular flexibility index (Phi) is 11.0. The number of rotatable bonds is 3. The smallest absolute Gasteiger partial charge is 0.0801 e. The van der Waals surface area contributed by atoms with Gasteiger partial charge in [-0.3, -0.25) is 15.0 Å². The molecule has 0 saturated carbocycles. The quantitative estimate of drug-likeness (QED) is 0.189. The van der Waals surface area contributed by atoms with Gasteiger partial charge >= 0.3 is 0 Å². The third kappa shape index (κ3) is 7.90. The van der Waals surface area contributed by atoms with Crippen LogP contribution in [0.15, 0.2) is 126 Å². The summed E-state index contributed by atoms with van der Waals surface area (Å²) in [6.45, 7) is 0. The first-order valence-electron chi connectivity index (χ1n) is 10.2. The van der Waals surface area contributed by atoms with Crippen LogP contribution in [0.2, 0.25) is 0 Å². The van der Waals surface area contributed by atoms with Crippen LogP contribution < -0.4 is 0 Å². The zero-order chi connectivity index (χ0) is 22.6. The molecule has 6 rings (SSSR count). The molecular weight excluding hydrogens is 655 g/mol. The van der Waals surface area contributed by atoms with Crippen molar-refractivity contribution in [1.29, 1.82) is 0 Å². The van der Waals surface area contributed by atoms with E-state index >= 15 is 0 Å². The third-order valence-electron chi connectivity index (χ3n) is 4.32. The Hall–Kier alpha value is -2.80. The zero-order valence-corrected chi connectivity index (χ0v) is 22.9. The van der Waals surface area contributed by atoms with Crippen LogP contribution in [-0.2, 0) is 20.1 Å². The van der Waals surface area contributed by atoms with Gasteiger partial charge in [0.25, 0.3) is 0 Å². The fraction of sp³-hybridized carbons (Fsp3) is 0. The van der Waals surface area contributed by atoms with E-state index in [0.717, 1.165) is 17.1 Å². The Morgan fingerprint density at radius 3 is 0.912 bits per heavy atom. The zero-order valence-electron chi connectivity index (χ0n) is 18.0.